The molecular weight excluding hydrogens is 488 g/mol. The van der Waals surface area contributed by atoms with Crippen molar-refractivity contribution < 1.29 is 13.9 Å². The van der Waals surface area contributed by atoms with Crippen LogP contribution in [-0.2, 0) is 17.9 Å². The third kappa shape index (κ3) is 4.82. The molecule has 0 spiro atoms. The van der Waals surface area contributed by atoms with Gasteiger partial charge in [0.25, 0.3) is 0 Å². The van der Waals surface area contributed by atoms with Gasteiger partial charge in [-0.25, -0.2) is 9.37 Å². The molecule has 29 heavy (non-hydrogen) atoms. The van der Waals surface area contributed by atoms with Crippen molar-refractivity contribution in [1.29, 1.82) is 0 Å². The summed E-state index contributed by atoms with van der Waals surface area (Å²) >= 11 is 0. The van der Waals surface area contributed by atoms with Crippen molar-refractivity contribution in [2.75, 3.05) is 26.9 Å². The smallest absolute Gasteiger partial charge is 0.193 e. The molecule has 2 aliphatic rings. The van der Waals surface area contributed by atoms with Crippen LogP contribution in [-0.4, -0.2) is 47.3 Å². The van der Waals surface area contributed by atoms with Crippen molar-refractivity contribution in [2.24, 2.45) is 10.9 Å². The van der Waals surface area contributed by atoms with Crippen LogP contribution in [0.3, 0.4) is 0 Å². The molecule has 1 fully saturated rings. The van der Waals surface area contributed by atoms with Crippen molar-refractivity contribution in [3.8, 4) is 5.75 Å². The lowest BCUT2D eigenvalue weighted by Crippen LogP contribution is -2.48. The van der Waals surface area contributed by atoms with Gasteiger partial charge in [0.2, 0.25) is 0 Å². The van der Waals surface area contributed by atoms with Gasteiger partial charge in [-0.1, -0.05) is 6.92 Å². The van der Waals surface area contributed by atoms with Gasteiger partial charge in [0.05, 0.1) is 19.0 Å². The number of aliphatic imine (C=N–C) groups is 1. The van der Waals surface area contributed by atoms with Crippen LogP contribution in [0.15, 0.2) is 35.8 Å². The molecule has 1 aromatic carbocycles. The number of fused-ring (bicyclic) bond motifs is 1. The van der Waals surface area contributed by atoms with Gasteiger partial charge in [0, 0.05) is 50.2 Å². The number of benzene rings is 1. The first-order valence-electron chi connectivity index (χ1n) is 9.60. The number of guanidine groups is 1. The van der Waals surface area contributed by atoms with E-state index in [4.69, 9.17) is 9.47 Å². The van der Waals surface area contributed by atoms with E-state index in [1.165, 1.54) is 12.1 Å². The fourth-order valence-corrected chi connectivity index (χ4v) is 3.99. The van der Waals surface area contributed by atoms with Crippen LogP contribution in [0.4, 0.5) is 4.39 Å². The maximum atomic E-state index is 14.0. The van der Waals surface area contributed by atoms with Gasteiger partial charge in [0.15, 0.2) is 12.8 Å². The molecule has 0 aliphatic carbocycles. The van der Waals surface area contributed by atoms with E-state index >= 15 is 0 Å². The molecule has 4 rings (SSSR count). The van der Waals surface area contributed by atoms with Crippen LogP contribution in [0, 0.1) is 11.7 Å². The summed E-state index contributed by atoms with van der Waals surface area (Å²) in [5.41, 5.74) is 1.51. The highest BCUT2D eigenvalue weighted by Gasteiger charge is 2.29. The first-order chi connectivity index (χ1) is 13.7. The number of rotatable bonds is 3. The average molecular weight is 515 g/mol. The Morgan fingerprint density at radius 2 is 2.28 bits per heavy atom. The zero-order valence-corrected chi connectivity index (χ0v) is 19.0. The summed E-state index contributed by atoms with van der Waals surface area (Å²) in [5.74, 6) is 1.79. The zero-order chi connectivity index (χ0) is 19.5. The van der Waals surface area contributed by atoms with Crippen molar-refractivity contribution in [3.63, 3.8) is 0 Å². The summed E-state index contributed by atoms with van der Waals surface area (Å²) in [6, 6.07) is 3.32. The Kier molecular flexibility index (Phi) is 7.33. The number of likely N-dealkylation sites (tertiary alicyclic amines) is 1. The van der Waals surface area contributed by atoms with E-state index in [1.807, 2.05) is 18.7 Å². The molecule has 1 saturated heterocycles. The highest BCUT2D eigenvalue weighted by Crippen LogP contribution is 2.30. The van der Waals surface area contributed by atoms with E-state index < -0.39 is 0 Å². The summed E-state index contributed by atoms with van der Waals surface area (Å²) in [7, 11) is 1.78. The van der Waals surface area contributed by atoms with E-state index in [9.17, 15) is 4.39 Å². The maximum Gasteiger partial charge on any atom is 0.193 e. The second-order valence-electron chi connectivity index (χ2n) is 7.35. The highest BCUT2D eigenvalue weighted by atomic mass is 127. The standard InChI is InChI=1S/C20H26FN5O2.HI/c1-14-3-5-25(10-18(14)26-6-4-23-12-26)20(22-2)24-9-15-7-17(21)8-16-11-27-13-28-19(15)16;/h4,6-8,12,14,18H,3,5,9-11,13H2,1-2H3,(H,22,24);1H. The minimum atomic E-state index is -0.286. The normalized spacial score (nSPS) is 21.8. The predicted octanol–water partition coefficient (Wildman–Crippen LogP) is 3.17. The summed E-state index contributed by atoms with van der Waals surface area (Å²) in [6.45, 7) is 5.05. The number of aromatic nitrogens is 2. The van der Waals surface area contributed by atoms with E-state index in [-0.39, 0.29) is 36.6 Å². The first-order valence-corrected chi connectivity index (χ1v) is 9.60. The number of imidazole rings is 1. The van der Waals surface area contributed by atoms with Crippen molar-refractivity contribution in [1.82, 2.24) is 19.8 Å². The Hall–Kier alpha value is -1.88. The monoisotopic (exact) mass is 515 g/mol. The molecule has 3 heterocycles. The lowest BCUT2D eigenvalue weighted by atomic mass is 9.93. The fraction of sp³-hybridized carbons (Fsp3) is 0.500. The third-order valence-corrected chi connectivity index (χ3v) is 5.53. The van der Waals surface area contributed by atoms with Gasteiger partial charge in [-0.05, 0) is 24.5 Å². The summed E-state index contributed by atoms with van der Waals surface area (Å²) in [5, 5.41) is 3.38. The number of piperidine rings is 1. The molecule has 0 amide bonds. The first kappa shape index (κ1) is 21.8. The molecule has 1 aromatic heterocycles. The number of halogens is 2. The van der Waals surface area contributed by atoms with Gasteiger partial charge in [-0.2, -0.15) is 0 Å². The Morgan fingerprint density at radius 3 is 3.03 bits per heavy atom. The molecule has 2 aliphatic heterocycles. The minimum absolute atomic E-state index is 0. The molecule has 0 bridgehead atoms. The molecule has 2 atom stereocenters. The van der Waals surface area contributed by atoms with Crippen LogP contribution >= 0.6 is 24.0 Å². The van der Waals surface area contributed by atoms with Gasteiger partial charge < -0.3 is 24.3 Å². The SMILES string of the molecule is CN=C(NCc1cc(F)cc2c1OCOC2)N1CCC(C)C(n2ccnc2)C1.I. The Labute approximate surface area is 187 Å². The molecule has 2 aromatic rings. The fourth-order valence-electron chi connectivity index (χ4n) is 3.99. The number of hydrogen-bond donors (Lipinski definition) is 1. The number of ether oxygens (including phenoxy) is 2. The third-order valence-electron chi connectivity index (χ3n) is 5.53. The largest absolute Gasteiger partial charge is 0.467 e. The molecular formula is C20H27FIN5O2. The predicted molar refractivity (Wildman–Crippen MR) is 119 cm³/mol. The Morgan fingerprint density at radius 1 is 1.41 bits per heavy atom. The second-order valence-corrected chi connectivity index (χ2v) is 7.35. The molecule has 158 valence electrons. The quantitative estimate of drug-likeness (QED) is 0.387. The van der Waals surface area contributed by atoms with Crippen LogP contribution in [0.1, 0.15) is 30.5 Å². The van der Waals surface area contributed by atoms with E-state index in [1.54, 1.807) is 7.05 Å². The van der Waals surface area contributed by atoms with Gasteiger partial charge >= 0.3 is 0 Å². The van der Waals surface area contributed by atoms with Crippen molar-refractivity contribution >= 4 is 29.9 Å². The van der Waals surface area contributed by atoms with Crippen LogP contribution in [0.25, 0.3) is 0 Å². The Bertz CT molecular complexity index is 846. The molecule has 7 nitrogen and oxygen atoms in total. The Balaban J connectivity index is 0.00000240. The van der Waals surface area contributed by atoms with Crippen LogP contribution in [0.2, 0.25) is 0 Å². The molecule has 1 N–H and O–H groups in total. The lowest BCUT2D eigenvalue weighted by molar-refractivity contribution is -0.0173. The summed E-state index contributed by atoms with van der Waals surface area (Å²) < 4.78 is 27.0. The number of nitrogens with one attached hydrogen (secondary N) is 1. The molecule has 0 saturated carbocycles. The van der Waals surface area contributed by atoms with E-state index in [2.05, 4.69) is 31.7 Å². The lowest BCUT2D eigenvalue weighted by Gasteiger charge is -2.39. The highest BCUT2D eigenvalue weighted by molar-refractivity contribution is 14.0. The maximum absolute atomic E-state index is 14.0. The van der Waals surface area contributed by atoms with Crippen LogP contribution < -0.4 is 10.1 Å². The van der Waals surface area contributed by atoms with Gasteiger partial charge in [-0.3, -0.25) is 4.99 Å². The van der Waals surface area contributed by atoms with E-state index in [0.29, 0.717) is 30.9 Å². The van der Waals surface area contributed by atoms with Gasteiger partial charge in [0.1, 0.15) is 11.6 Å². The molecule has 2 unspecified atom stereocenters. The topological polar surface area (TPSA) is 63.9 Å². The van der Waals surface area contributed by atoms with Crippen LogP contribution in [0.5, 0.6) is 5.75 Å². The van der Waals surface area contributed by atoms with Gasteiger partial charge in [-0.15, -0.1) is 24.0 Å². The molecule has 9 heteroatoms. The average Bonchev–Trinajstić information content (AvgIpc) is 3.23. The van der Waals surface area contributed by atoms with E-state index in [0.717, 1.165) is 36.6 Å². The molecule has 0 radical (unpaired) electrons. The zero-order valence-electron chi connectivity index (χ0n) is 16.7. The number of hydrogen-bond acceptors (Lipinski definition) is 4. The summed E-state index contributed by atoms with van der Waals surface area (Å²) in [4.78, 5) is 10.9. The van der Waals surface area contributed by atoms with Crippen molar-refractivity contribution in [2.45, 2.75) is 32.5 Å². The van der Waals surface area contributed by atoms with Crippen molar-refractivity contribution in [3.05, 3.63) is 47.8 Å². The second kappa shape index (κ2) is 9.75. The minimum Gasteiger partial charge on any atom is -0.467 e. The number of nitrogens with zero attached hydrogens (tertiary/aromatic N) is 4. The summed E-state index contributed by atoms with van der Waals surface area (Å²) in [6.07, 6.45) is 6.77.